The molecule has 14 heavy (non-hydrogen) atoms. The minimum Gasteiger partial charge on any atom is -0.493 e. The SMILES string of the molecule is CCOc1ccnc2[nH]cc(C#N)c12. The first-order valence-electron chi connectivity index (χ1n) is 4.35. The average Bonchev–Trinajstić information content (AvgIpc) is 2.62. The Hall–Kier alpha value is -2.02. The van der Waals surface area contributed by atoms with E-state index in [1.807, 2.05) is 6.92 Å². The number of fused-ring (bicyclic) bond motifs is 1. The van der Waals surface area contributed by atoms with Crippen molar-refractivity contribution in [1.82, 2.24) is 9.97 Å². The van der Waals surface area contributed by atoms with Gasteiger partial charge in [0.1, 0.15) is 17.5 Å². The molecule has 2 heterocycles. The van der Waals surface area contributed by atoms with Crippen LogP contribution in [0.5, 0.6) is 5.75 Å². The number of hydrogen-bond acceptors (Lipinski definition) is 3. The molecule has 70 valence electrons. The molecule has 1 N–H and O–H groups in total. The van der Waals surface area contributed by atoms with Crippen molar-refractivity contribution in [2.45, 2.75) is 6.92 Å². The van der Waals surface area contributed by atoms with Crippen LogP contribution in [-0.2, 0) is 0 Å². The molecule has 0 aliphatic heterocycles. The molecular weight excluding hydrogens is 178 g/mol. The third kappa shape index (κ3) is 1.19. The van der Waals surface area contributed by atoms with E-state index in [0.717, 1.165) is 5.39 Å². The fourth-order valence-corrected chi connectivity index (χ4v) is 1.39. The molecular formula is C10H9N3O. The van der Waals surface area contributed by atoms with Crippen LogP contribution in [0.3, 0.4) is 0 Å². The van der Waals surface area contributed by atoms with E-state index in [-0.39, 0.29) is 0 Å². The maximum atomic E-state index is 8.86. The maximum Gasteiger partial charge on any atom is 0.142 e. The van der Waals surface area contributed by atoms with Crippen LogP contribution in [0.4, 0.5) is 0 Å². The van der Waals surface area contributed by atoms with Gasteiger partial charge in [-0.25, -0.2) is 4.98 Å². The number of nitrogens with zero attached hydrogens (tertiary/aromatic N) is 2. The number of ether oxygens (including phenoxy) is 1. The van der Waals surface area contributed by atoms with Gasteiger partial charge in [0, 0.05) is 12.4 Å². The lowest BCUT2D eigenvalue weighted by molar-refractivity contribution is 0.344. The topological polar surface area (TPSA) is 61.7 Å². The van der Waals surface area contributed by atoms with Crippen LogP contribution in [0.1, 0.15) is 12.5 Å². The molecule has 0 saturated heterocycles. The Balaban J connectivity index is 2.70. The summed E-state index contributed by atoms with van der Waals surface area (Å²) in [6.45, 7) is 2.49. The van der Waals surface area contributed by atoms with Gasteiger partial charge in [0.2, 0.25) is 0 Å². The van der Waals surface area contributed by atoms with E-state index in [1.54, 1.807) is 18.5 Å². The zero-order valence-electron chi connectivity index (χ0n) is 7.74. The lowest BCUT2D eigenvalue weighted by Gasteiger charge is -2.03. The number of aromatic amines is 1. The summed E-state index contributed by atoms with van der Waals surface area (Å²) in [4.78, 5) is 7.03. The maximum absolute atomic E-state index is 8.86. The van der Waals surface area contributed by atoms with E-state index < -0.39 is 0 Å². The van der Waals surface area contributed by atoms with Gasteiger partial charge in [-0.1, -0.05) is 0 Å². The lowest BCUT2D eigenvalue weighted by atomic mass is 10.2. The molecule has 4 heteroatoms. The van der Waals surface area contributed by atoms with Gasteiger partial charge in [-0.05, 0) is 13.0 Å². The number of H-pyrrole nitrogens is 1. The zero-order chi connectivity index (χ0) is 9.97. The van der Waals surface area contributed by atoms with Crippen LogP contribution < -0.4 is 4.74 Å². The van der Waals surface area contributed by atoms with E-state index in [9.17, 15) is 0 Å². The van der Waals surface area contributed by atoms with E-state index in [2.05, 4.69) is 16.0 Å². The highest BCUT2D eigenvalue weighted by Gasteiger charge is 2.09. The second-order valence-corrected chi connectivity index (χ2v) is 2.78. The van der Waals surface area contributed by atoms with Crippen LogP contribution in [0.25, 0.3) is 11.0 Å². The molecule has 0 aliphatic carbocycles. The summed E-state index contributed by atoms with van der Waals surface area (Å²) in [7, 11) is 0. The van der Waals surface area contributed by atoms with Gasteiger partial charge < -0.3 is 9.72 Å². The Kier molecular flexibility index (Phi) is 2.07. The first-order valence-corrected chi connectivity index (χ1v) is 4.35. The second kappa shape index (κ2) is 3.38. The normalized spacial score (nSPS) is 10.0. The summed E-state index contributed by atoms with van der Waals surface area (Å²) >= 11 is 0. The van der Waals surface area contributed by atoms with Crippen molar-refractivity contribution in [3.05, 3.63) is 24.0 Å². The van der Waals surface area contributed by atoms with Crippen molar-refractivity contribution in [3.63, 3.8) is 0 Å². The van der Waals surface area contributed by atoms with Gasteiger partial charge in [0.25, 0.3) is 0 Å². The molecule has 0 amide bonds. The number of nitriles is 1. The fourth-order valence-electron chi connectivity index (χ4n) is 1.39. The Labute approximate surface area is 81.1 Å². The van der Waals surface area contributed by atoms with E-state index >= 15 is 0 Å². The molecule has 2 rings (SSSR count). The molecule has 0 spiro atoms. The Morgan fingerprint density at radius 1 is 1.64 bits per heavy atom. The average molecular weight is 187 g/mol. The minimum absolute atomic E-state index is 0.566. The lowest BCUT2D eigenvalue weighted by Crippen LogP contribution is -1.92. The molecule has 4 nitrogen and oxygen atoms in total. The van der Waals surface area contributed by atoms with Crippen molar-refractivity contribution >= 4 is 11.0 Å². The summed E-state index contributed by atoms with van der Waals surface area (Å²) in [6, 6.07) is 3.86. The Morgan fingerprint density at radius 3 is 3.21 bits per heavy atom. The molecule has 0 aromatic carbocycles. The highest BCUT2D eigenvalue weighted by atomic mass is 16.5. The fraction of sp³-hybridized carbons (Fsp3) is 0.200. The standard InChI is InChI=1S/C10H9N3O/c1-2-14-8-3-4-12-10-9(8)7(5-11)6-13-10/h3-4,6H,2H2,1H3,(H,12,13). The Bertz CT molecular complexity index is 496. The molecule has 0 atom stereocenters. The monoisotopic (exact) mass is 187 g/mol. The molecule has 0 radical (unpaired) electrons. The molecule has 0 fully saturated rings. The van der Waals surface area contributed by atoms with Crippen molar-refractivity contribution in [1.29, 1.82) is 5.26 Å². The predicted molar refractivity (Wildman–Crippen MR) is 52.0 cm³/mol. The van der Waals surface area contributed by atoms with Crippen LogP contribution >= 0.6 is 0 Å². The third-order valence-corrected chi connectivity index (χ3v) is 1.96. The van der Waals surface area contributed by atoms with Crippen molar-refractivity contribution < 1.29 is 4.74 Å². The largest absolute Gasteiger partial charge is 0.493 e. The van der Waals surface area contributed by atoms with E-state index in [4.69, 9.17) is 10.00 Å². The minimum atomic E-state index is 0.566. The van der Waals surface area contributed by atoms with E-state index in [1.165, 1.54) is 0 Å². The zero-order valence-corrected chi connectivity index (χ0v) is 7.74. The van der Waals surface area contributed by atoms with Crippen LogP contribution in [-0.4, -0.2) is 16.6 Å². The highest BCUT2D eigenvalue weighted by Crippen LogP contribution is 2.26. The molecule has 2 aromatic heterocycles. The van der Waals surface area contributed by atoms with Gasteiger partial charge >= 0.3 is 0 Å². The van der Waals surface area contributed by atoms with Crippen molar-refractivity contribution in [3.8, 4) is 11.8 Å². The third-order valence-electron chi connectivity index (χ3n) is 1.96. The molecule has 0 aliphatic rings. The van der Waals surface area contributed by atoms with Gasteiger partial charge in [0.05, 0.1) is 17.6 Å². The summed E-state index contributed by atoms with van der Waals surface area (Å²) < 4.78 is 5.41. The second-order valence-electron chi connectivity index (χ2n) is 2.78. The number of pyridine rings is 1. The van der Waals surface area contributed by atoms with Gasteiger partial charge in [0.15, 0.2) is 0 Å². The highest BCUT2D eigenvalue weighted by molar-refractivity contribution is 5.88. The smallest absolute Gasteiger partial charge is 0.142 e. The molecule has 2 aromatic rings. The van der Waals surface area contributed by atoms with Gasteiger partial charge in [-0.15, -0.1) is 0 Å². The first-order chi connectivity index (χ1) is 6.86. The number of nitrogens with one attached hydrogen (secondary N) is 1. The number of hydrogen-bond donors (Lipinski definition) is 1. The van der Waals surface area contributed by atoms with Gasteiger partial charge in [-0.2, -0.15) is 5.26 Å². The molecule has 0 bridgehead atoms. The summed E-state index contributed by atoms with van der Waals surface area (Å²) in [5.74, 6) is 0.704. The van der Waals surface area contributed by atoms with Crippen LogP contribution in [0.15, 0.2) is 18.5 Å². The number of rotatable bonds is 2. The first kappa shape index (κ1) is 8.57. The summed E-state index contributed by atoms with van der Waals surface area (Å²) in [6.07, 6.45) is 3.30. The quantitative estimate of drug-likeness (QED) is 0.780. The summed E-state index contributed by atoms with van der Waals surface area (Å²) in [5, 5.41) is 9.62. The number of aromatic nitrogens is 2. The predicted octanol–water partition coefficient (Wildman–Crippen LogP) is 1.83. The molecule has 0 saturated carbocycles. The van der Waals surface area contributed by atoms with Crippen LogP contribution in [0, 0.1) is 11.3 Å². The van der Waals surface area contributed by atoms with Crippen LogP contribution in [0.2, 0.25) is 0 Å². The Morgan fingerprint density at radius 2 is 2.50 bits per heavy atom. The van der Waals surface area contributed by atoms with Crippen molar-refractivity contribution in [2.24, 2.45) is 0 Å². The molecule has 0 unspecified atom stereocenters. The van der Waals surface area contributed by atoms with Crippen molar-refractivity contribution in [2.75, 3.05) is 6.61 Å². The van der Waals surface area contributed by atoms with Gasteiger partial charge in [-0.3, -0.25) is 0 Å². The van der Waals surface area contributed by atoms with E-state index in [0.29, 0.717) is 23.6 Å². The summed E-state index contributed by atoms with van der Waals surface area (Å²) in [5.41, 5.74) is 1.25.